The van der Waals surface area contributed by atoms with Gasteiger partial charge < -0.3 is 10.6 Å². The lowest BCUT2D eigenvalue weighted by atomic mass is 10.3. The van der Waals surface area contributed by atoms with Crippen LogP contribution >= 0.6 is 11.8 Å². The Hall–Kier alpha value is -1.82. The van der Waals surface area contributed by atoms with Crippen molar-refractivity contribution < 1.29 is 4.39 Å². The second kappa shape index (κ2) is 7.09. The Labute approximate surface area is 122 Å². The molecule has 1 aromatic heterocycles. The molecule has 0 aliphatic rings. The van der Waals surface area contributed by atoms with Crippen LogP contribution in [0.2, 0.25) is 0 Å². The molecule has 0 unspecified atom stereocenters. The van der Waals surface area contributed by atoms with Gasteiger partial charge in [0.1, 0.15) is 0 Å². The summed E-state index contributed by atoms with van der Waals surface area (Å²) in [5, 5.41) is 6.00. The fraction of sp³-hybridized carbons (Fsp3) is 0.286. The van der Waals surface area contributed by atoms with Crippen molar-refractivity contribution in [2.75, 3.05) is 23.4 Å². The minimum Gasteiger partial charge on any atom is -0.354 e. The van der Waals surface area contributed by atoms with Crippen molar-refractivity contribution in [3.8, 4) is 0 Å². The van der Waals surface area contributed by atoms with Gasteiger partial charge in [-0.05, 0) is 36.9 Å². The topological polar surface area (TPSA) is 49.8 Å². The van der Waals surface area contributed by atoms with Gasteiger partial charge >= 0.3 is 0 Å². The Kier molecular flexibility index (Phi) is 5.17. The maximum absolute atomic E-state index is 13.7. The first-order chi connectivity index (χ1) is 9.72. The van der Waals surface area contributed by atoms with E-state index in [1.165, 1.54) is 6.20 Å². The first-order valence-electron chi connectivity index (χ1n) is 6.40. The number of anilines is 3. The molecule has 2 N–H and O–H groups in total. The highest BCUT2D eigenvalue weighted by Crippen LogP contribution is 2.21. The first-order valence-corrected chi connectivity index (χ1v) is 7.63. The summed E-state index contributed by atoms with van der Waals surface area (Å²) in [6.45, 7) is 2.80. The van der Waals surface area contributed by atoms with E-state index < -0.39 is 5.82 Å². The molecule has 106 valence electrons. The van der Waals surface area contributed by atoms with Gasteiger partial charge in [0.05, 0.1) is 6.20 Å². The van der Waals surface area contributed by atoms with Crippen LogP contribution in [-0.2, 0) is 0 Å². The summed E-state index contributed by atoms with van der Waals surface area (Å²) in [6.07, 6.45) is 4.14. The van der Waals surface area contributed by atoms with Crippen molar-refractivity contribution in [1.29, 1.82) is 0 Å². The summed E-state index contributed by atoms with van der Waals surface area (Å²) in [6, 6.07) is 7.74. The zero-order valence-corrected chi connectivity index (χ0v) is 12.3. The Bertz CT molecular complexity index is 560. The maximum Gasteiger partial charge on any atom is 0.224 e. The third-order valence-electron chi connectivity index (χ3n) is 2.63. The minimum atomic E-state index is -0.471. The number of rotatable bonds is 6. The van der Waals surface area contributed by atoms with Crippen LogP contribution in [-0.4, -0.2) is 22.8 Å². The van der Waals surface area contributed by atoms with E-state index in [9.17, 15) is 4.39 Å². The number of nitrogens with one attached hydrogen (secondary N) is 2. The smallest absolute Gasteiger partial charge is 0.224 e. The van der Waals surface area contributed by atoms with E-state index in [1.807, 2.05) is 37.4 Å². The number of nitrogens with zero attached hydrogens (tertiary/aromatic N) is 2. The lowest BCUT2D eigenvalue weighted by Crippen LogP contribution is -2.07. The lowest BCUT2D eigenvalue weighted by Gasteiger charge is -2.09. The molecule has 0 aliphatic carbocycles. The van der Waals surface area contributed by atoms with E-state index in [0.29, 0.717) is 5.95 Å². The van der Waals surface area contributed by atoms with Gasteiger partial charge in [0, 0.05) is 17.1 Å². The van der Waals surface area contributed by atoms with E-state index in [4.69, 9.17) is 0 Å². The molecule has 4 nitrogen and oxygen atoms in total. The molecule has 0 atom stereocenters. The number of aromatic nitrogens is 2. The van der Waals surface area contributed by atoms with Gasteiger partial charge in [0.15, 0.2) is 11.6 Å². The Morgan fingerprint density at radius 2 is 2.00 bits per heavy atom. The van der Waals surface area contributed by atoms with E-state index in [0.717, 1.165) is 23.5 Å². The summed E-state index contributed by atoms with van der Waals surface area (Å²) in [4.78, 5) is 9.20. The summed E-state index contributed by atoms with van der Waals surface area (Å²) < 4.78 is 13.7. The molecule has 6 heteroatoms. The maximum atomic E-state index is 13.7. The van der Waals surface area contributed by atoms with Crippen LogP contribution in [0.15, 0.2) is 35.4 Å². The summed E-state index contributed by atoms with van der Waals surface area (Å²) in [5.74, 6) is 0.132. The Morgan fingerprint density at radius 1 is 1.25 bits per heavy atom. The van der Waals surface area contributed by atoms with Gasteiger partial charge in [-0.1, -0.05) is 6.92 Å². The highest BCUT2D eigenvalue weighted by Gasteiger charge is 2.07. The van der Waals surface area contributed by atoms with Crippen LogP contribution in [0.3, 0.4) is 0 Å². The van der Waals surface area contributed by atoms with Crippen molar-refractivity contribution in [1.82, 2.24) is 9.97 Å². The van der Waals surface area contributed by atoms with Gasteiger partial charge in [0.2, 0.25) is 5.95 Å². The van der Waals surface area contributed by atoms with Crippen molar-refractivity contribution in [2.45, 2.75) is 18.2 Å². The highest BCUT2D eigenvalue weighted by atomic mass is 32.2. The second-order valence-corrected chi connectivity index (χ2v) is 5.05. The van der Waals surface area contributed by atoms with Crippen LogP contribution in [0.1, 0.15) is 13.3 Å². The average molecular weight is 292 g/mol. The fourth-order valence-corrected chi connectivity index (χ4v) is 2.00. The third-order valence-corrected chi connectivity index (χ3v) is 3.37. The van der Waals surface area contributed by atoms with Crippen LogP contribution in [0.25, 0.3) is 0 Å². The average Bonchev–Trinajstić information content (AvgIpc) is 2.49. The number of benzene rings is 1. The van der Waals surface area contributed by atoms with Crippen molar-refractivity contribution >= 4 is 29.2 Å². The van der Waals surface area contributed by atoms with Gasteiger partial charge in [-0.25, -0.2) is 9.37 Å². The molecule has 0 amide bonds. The summed E-state index contributed by atoms with van der Waals surface area (Å²) in [7, 11) is 0. The molecule has 0 radical (unpaired) electrons. The summed E-state index contributed by atoms with van der Waals surface area (Å²) in [5.41, 5.74) is 0.793. The predicted molar refractivity (Wildman–Crippen MR) is 82.3 cm³/mol. The highest BCUT2D eigenvalue weighted by molar-refractivity contribution is 7.98. The zero-order chi connectivity index (χ0) is 14.4. The van der Waals surface area contributed by atoms with E-state index in [-0.39, 0.29) is 5.82 Å². The molecule has 1 aromatic carbocycles. The van der Waals surface area contributed by atoms with Gasteiger partial charge in [-0.3, -0.25) is 0 Å². The molecule has 0 saturated heterocycles. The molecule has 20 heavy (non-hydrogen) atoms. The molecule has 0 spiro atoms. The molecule has 2 aromatic rings. The number of hydrogen-bond acceptors (Lipinski definition) is 5. The molecule has 0 bridgehead atoms. The van der Waals surface area contributed by atoms with Gasteiger partial charge in [-0.15, -0.1) is 11.8 Å². The Balaban J connectivity index is 2.14. The normalized spacial score (nSPS) is 10.3. The van der Waals surface area contributed by atoms with Crippen LogP contribution in [0.5, 0.6) is 0 Å². The molecular formula is C14H17FN4S. The van der Waals surface area contributed by atoms with Gasteiger partial charge in [-0.2, -0.15) is 4.98 Å². The SMILES string of the molecule is CCCNc1ncc(F)c(Nc2ccc(SC)cc2)n1. The fourth-order valence-electron chi connectivity index (χ4n) is 1.59. The largest absolute Gasteiger partial charge is 0.354 e. The summed E-state index contributed by atoms with van der Waals surface area (Å²) >= 11 is 1.66. The molecule has 1 heterocycles. The van der Waals surface area contributed by atoms with E-state index in [1.54, 1.807) is 11.8 Å². The van der Waals surface area contributed by atoms with Crippen LogP contribution in [0.4, 0.5) is 21.8 Å². The number of thioether (sulfide) groups is 1. The molecular weight excluding hydrogens is 275 g/mol. The monoisotopic (exact) mass is 292 g/mol. The van der Waals surface area contributed by atoms with E-state index in [2.05, 4.69) is 20.6 Å². The van der Waals surface area contributed by atoms with Crippen LogP contribution in [0, 0.1) is 5.82 Å². The minimum absolute atomic E-state index is 0.176. The zero-order valence-electron chi connectivity index (χ0n) is 11.5. The third kappa shape index (κ3) is 3.84. The van der Waals surface area contributed by atoms with Crippen LogP contribution < -0.4 is 10.6 Å². The molecule has 2 rings (SSSR count). The van der Waals surface area contributed by atoms with Crippen molar-refractivity contribution in [3.05, 3.63) is 36.3 Å². The molecule has 0 aliphatic heterocycles. The second-order valence-electron chi connectivity index (χ2n) is 4.17. The van der Waals surface area contributed by atoms with Crippen molar-refractivity contribution in [2.24, 2.45) is 0 Å². The Morgan fingerprint density at radius 3 is 2.65 bits per heavy atom. The first kappa shape index (κ1) is 14.6. The number of hydrogen-bond donors (Lipinski definition) is 2. The number of halogens is 1. The molecule has 0 fully saturated rings. The predicted octanol–water partition coefficient (Wildman–Crippen LogP) is 3.90. The van der Waals surface area contributed by atoms with E-state index >= 15 is 0 Å². The van der Waals surface area contributed by atoms with Gasteiger partial charge in [0.25, 0.3) is 0 Å². The molecule has 0 saturated carbocycles. The quantitative estimate of drug-likeness (QED) is 0.791. The lowest BCUT2D eigenvalue weighted by molar-refractivity contribution is 0.619. The van der Waals surface area contributed by atoms with Crippen molar-refractivity contribution in [3.63, 3.8) is 0 Å². The standard InChI is InChI=1S/C14H17FN4S/c1-3-8-16-14-17-9-12(15)13(19-14)18-10-4-6-11(20-2)7-5-10/h4-7,9H,3,8H2,1-2H3,(H2,16,17,18,19).